The van der Waals surface area contributed by atoms with E-state index >= 15 is 0 Å². The molecule has 3 aliphatic rings. The second kappa shape index (κ2) is 10.6. The number of nitrogen functional groups attached to an aromatic ring is 1. The van der Waals surface area contributed by atoms with E-state index in [2.05, 4.69) is 54.2 Å². The molecule has 0 saturated carbocycles. The number of aryl methyl sites for hydroxylation is 1. The number of thiophene rings is 1. The Kier molecular flexibility index (Phi) is 7.14. The lowest BCUT2D eigenvalue weighted by Gasteiger charge is -2.33. The average molecular weight is 564 g/mol. The van der Waals surface area contributed by atoms with E-state index in [1.807, 2.05) is 6.07 Å². The molecule has 5 heterocycles. The molecule has 6 rings (SSSR count). The summed E-state index contributed by atoms with van der Waals surface area (Å²) >= 11 is 1.49. The van der Waals surface area contributed by atoms with Crippen molar-refractivity contribution in [1.29, 1.82) is 5.26 Å². The number of likely N-dealkylation sites (N-methyl/N-ethyl adjacent to an activating group) is 1. The van der Waals surface area contributed by atoms with E-state index in [-0.39, 0.29) is 6.10 Å². The van der Waals surface area contributed by atoms with Crippen LogP contribution in [-0.2, 0) is 11.8 Å². The first kappa shape index (κ1) is 26.9. The predicted octanol–water partition coefficient (Wildman–Crippen LogP) is 3.34. The number of ether oxygens (including phenoxy) is 1. The molecule has 3 N–H and O–H groups in total. The third-order valence-electron chi connectivity index (χ3n) is 8.67. The molecule has 3 aromatic rings. The topological polar surface area (TPSA) is 142 Å². The van der Waals surface area contributed by atoms with Gasteiger partial charge in [0.25, 0.3) is 0 Å². The molecule has 4 atom stereocenters. The van der Waals surface area contributed by atoms with Crippen LogP contribution in [0.25, 0.3) is 11.5 Å². The summed E-state index contributed by atoms with van der Waals surface area (Å²) in [7, 11) is 2.14. The number of nitriles is 1. The van der Waals surface area contributed by atoms with Crippen molar-refractivity contribution in [2.24, 2.45) is 0 Å². The SMILES string of the molecule is C[C@@H]1CN(c2cc(-c3noc([C@@]4(C)CCCc5sc(N)c(C#N)c54)n3)nc(O[C@@H](C)[C@@H]3CCCN3C)n2)CCN1. The van der Waals surface area contributed by atoms with Gasteiger partial charge in [0.1, 0.15) is 28.7 Å². The van der Waals surface area contributed by atoms with Crippen LogP contribution >= 0.6 is 11.3 Å². The number of aromatic nitrogens is 4. The fourth-order valence-electron chi connectivity index (χ4n) is 6.52. The molecule has 0 aromatic carbocycles. The summed E-state index contributed by atoms with van der Waals surface area (Å²) in [6.07, 6.45) is 4.83. The molecule has 40 heavy (non-hydrogen) atoms. The maximum Gasteiger partial charge on any atom is 0.319 e. The third kappa shape index (κ3) is 4.80. The number of fused-ring (bicyclic) bond motifs is 1. The van der Waals surface area contributed by atoms with Gasteiger partial charge in [0, 0.05) is 48.2 Å². The molecule has 2 saturated heterocycles. The highest BCUT2D eigenvalue weighted by Gasteiger charge is 2.43. The van der Waals surface area contributed by atoms with Gasteiger partial charge in [-0.15, -0.1) is 11.3 Å². The van der Waals surface area contributed by atoms with Crippen LogP contribution in [0, 0.1) is 11.3 Å². The van der Waals surface area contributed by atoms with Gasteiger partial charge in [-0.2, -0.15) is 20.2 Å². The van der Waals surface area contributed by atoms with E-state index in [4.69, 9.17) is 29.9 Å². The molecule has 12 heteroatoms. The number of piperazine rings is 1. The Morgan fingerprint density at radius 1 is 1.30 bits per heavy atom. The van der Waals surface area contributed by atoms with E-state index in [1.165, 1.54) is 11.3 Å². The van der Waals surface area contributed by atoms with Crippen molar-refractivity contribution < 1.29 is 9.26 Å². The number of likely N-dealkylation sites (tertiary alicyclic amines) is 1. The summed E-state index contributed by atoms with van der Waals surface area (Å²) in [5.74, 6) is 1.64. The first-order valence-electron chi connectivity index (χ1n) is 14.2. The van der Waals surface area contributed by atoms with Crippen molar-refractivity contribution in [1.82, 2.24) is 30.3 Å². The molecule has 0 radical (unpaired) electrons. The van der Waals surface area contributed by atoms with Crippen molar-refractivity contribution >= 4 is 22.2 Å². The van der Waals surface area contributed by atoms with E-state index in [9.17, 15) is 5.26 Å². The number of anilines is 2. The quantitative estimate of drug-likeness (QED) is 0.456. The maximum absolute atomic E-state index is 9.86. The van der Waals surface area contributed by atoms with Crippen LogP contribution in [0.5, 0.6) is 6.01 Å². The Morgan fingerprint density at radius 2 is 2.15 bits per heavy atom. The Morgan fingerprint density at radius 3 is 2.90 bits per heavy atom. The van der Waals surface area contributed by atoms with Gasteiger partial charge in [-0.3, -0.25) is 4.90 Å². The molecule has 2 fully saturated rings. The summed E-state index contributed by atoms with van der Waals surface area (Å²) in [5.41, 5.74) is 7.64. The summed E-state index contributed by atoms with van der Waals surface area (Å²) in [4.78, 5) is 20.2. The lowest BCUT2D eigenvalue weighted by atomic mass is 9.72. The van der Waals surface area contributed by atoms with Crippen molar-refractivity contribution in [3.63, 3.8) is 0 Å². The van der Waals surface area contributed by atoms with Crippen LogP contribution in [0.15, 0.2) is 10.6 Å². The highest BCUT2D eigenvalue weighted by atomic mass is 32.1. The molecule has 0 unspecified atom stereocenters. The second-order valence-corrected chi connectivity index (χ2v) is 12.7. The van der Waals surface area contributed by atoms with Gasteiger partial charge in [0.15, 0.2) is 0 Å². The number of nitrogens with two attached hydrogens (primary N) is 1. The third-order valence-corrected chi connectivity index (χ3v) is 9.75. The van der Waals surface area contributed by atoms with E-state index in [0.717, 1.165) is 74.5 Å². The zero-order chi connectivity index (χ0) is 28.0. The minimum Gasteiger partial charge on any atom is -0.459 e. The number of hydrogen-bond donors (Lipinski definition) is 2. The first-order valence-corrected chi connectivity index (χ1v) is 15.0. The van der Waals surface area contributed by atoms with Crippen molar-refractivity contribution in [2.75, 3.05) is 43.9 Å². The summed E-state index contributed by atoms with van der Waals surface area (Å²) in [5, 5.41) is 18.3. The smallest absolute Gasteiger partial charge is 0.319 e. The highest BCUT2D eigenvalue weighted by Crippen LogP contribution is 2.48. The fourth-order valence-corrected chi connectivity index (χ4v) is 7.71. The van der Waals surface area contributed by atoms with Crippen LogP contribution in [0.4, 0.5) is 10.8 Å². The zero-order valence-electron chi connectivity index (χ0n) is 23.6. The Labute approximate surface area is 238 Å². The van der Waals surface area contributed by atoms with Crippen molar-refractivity contribution in [2.45, 2.75) is 76.5 Å². The Bertz CT molecular complexity index is 1430. The molecule has 0 spiro atoms. The molecule has 0 bridgehead atoms. The normalized spacial score (nSPS) is 25.9. The first-order chi connectivity index (χ1) is 19.3. The lowest BCUT2D eigenvalue weighted by Crippen LogP contribution is -2.49. The molecular weight excluding hydrogens is 526 g/mol. The van der Waals surface area contributed by atoms with Crippen molar-refractivity contribution in [3.8, 4) is 23.6 Å². The molecule has 0 amide bonds. The van der Waals surface area contributed by atoms with Gasteiger partial charge in [0.05, 0.1) is 11.0 Å². The Hall–Kier alpha value is -3.27. The fraction of sp³-hybridized carbons (Fsp3) is 0.607. The largest absolute Gasteiger partial charge is 0.459 e. The highest BCUT2D eigenvalue weighted by molar-refractivity contribution is 7.16. The second-order valence-electron chi connectivity index (χ2n) is 11.6. The summed E-state index contributed by atoms with van der Waals surface area (Å²) < 4.78 is 12.3. The zero-order valence-corrected chi connectivity index (χ0v) is 24.4. The maximum atomic E-state index is 9.86. The van der Waals surface area contributed by atoms with Gasteiger partial charge in [-0.1, -0.05) is 5.16 Å². The number of hydrogen-bond acceptors (Lipinski definition) is 12. The van der Waals surface area contributed by atoms with Gasteiger partial charge in [0.2, 0.25) is 11.7 Å². The van der Waals surface area contributed by atoms with Gasteiger partial charge in [-0.05, 0) is 66.5 Å². The molecule has 1 aliphatic carbocycles. The van der Waals surface area contributed by atoms with Crippen molar-refractivity contribution in [3.05, 3.63) is 28.0 Å². The van der Waals surface area contributed by atoms with E-state index in [0.29, 0.717) is 46.1 Å². The van der Waals surface area contributed by atoms with Crippen LogP contribution in [0.3, 0.4) is 0 Å². The number of nitrogens with one attached hydrogen (secondary N) is 1. The predicted molar refractivity (Wildman–Crippen MR) is 154 cm³/mol. The Balaban J connectivity index is 1.36. The molecule has 3 aromatic heterocycles. The van der Waals surface area contributed by atoms with Gasteiger partial charge in [-0.25, -0.2) is 0 Å². The molecule has 212 valence electrons. The molecular formula is C28H37N9O2S. The molecule has 2 aliphatic heterocycles. The monoisotopic (exact) mass is 563 g/mol. The van der Waals surface area contributed by atoms with E-state index < -0.39 is 5.41 Å². The molecule has 11 nitrogen and oxygen atoms in total. The summed E-state index contributed by atoms with van der Waals surface area (Å²) in [6.45, 7) is 9.92. The number of nitrogens with zero attached hydrogens (tertiary/aromatic N) is 7. The number of rotatable bonds is 6. The average Bonchev–Trinajstić information content (AvgIpc) is 3.67. The minimum absolute atomic E-state index is 0.0635. The van der Waals surface area contributed by atoms with Gasteiger partial charge < -0.3 is 25.2 Å². The van der Waals surface area contributed by atoms with E-state index in [1.54, 1.807) is 0 Å². The minimum atomic E-state index is -0.594. The van der Waals surface area contributed by atoms with Crippen LogP contribution in [0.1, 0.15) is 68.3 Å². The van der Waals surface area contributed by atoms with Gasteiger partial charge >= 0.3 is 6.01 Å². The van der Waals surface area contributed by atoms with Crippen LogP contribution in [0.2, 0.25) is 0 Å². The van der Waals surface area contributed by atoms with Crippen LogP contribution < -0.4 is 20.7 Å². The lowest BCUT2D eigenvalue weighted by molar-refractivity contribution is 0.112. The standard InChI is InChI=1S/C28H37N9O2S/c1-16-15-37(12-10-31-16)22-13-19(32-27(33-22)38-17(2)20-7-6-11-36(20)4)25-34-26(39-35-25)28(3)9-5-8-21-23(28)18(14-29)24(30)40-21/h13,16-17,20,31H,5-12,15,30H2,1-4H3/t16-,17+,20+,28+/m1/s1. The van der Waals surface area contributed by atoms with Crippen LogP contribution in [-0.4, -0.2) is 76.4 Å². The summed E-state index contributed by atoms with van der Waals surface area (Å²) in [6, 6.07) is 5.21.